The van der Waals surface area contributed by atoms with Crippen molar-refractivity contribution >= 4 is 6.08 Å². The Labute approximate surface area is 114 Å². The van der Waals surface area contributed by atoms with Gasteiger partial charge in [-0.1, -0.05) is 43.0 Å². The Morgan fingerprint density at radius 3 is 2.42 bits per heavy atom. The summed E-state index contributed by atoms with van der Waals surface area (Å²) in [5.74, 6) is 0.835. The van der Waals surface area contributed by atoms with Gasteiger partial charge in [0.1, 0.15) is 12.4 Å². The van der Waals surface area contributed by atoms with Gasteiger partial charge in [-0.3, -0.25) is 4.98 Å². The maximum atomic E-state index is 5.95. The molecule has 0 N–H and O–H groups in total. The van der Waals surface area contributed by atoms with Crippen molar-refractivity contribution in [2.24, 2.45) is 0 Å². The van der Waals surface area contributed by atoms with E-state index in [1.165, 1.54) is 0 Å². The summed E-state index contributed by atoms with van der Waals surface area (Å²) in [7, 11) is 0. The summed E-state index contributed by atoms with van der Waals surface area (Å²) in [6.45, 7) is 10.5. The van der Waals surface area contributed by atoms with E-state index in [0.717, 1.165) is 33.8 Å². The highest BCUT2D eigenvalue weighted by atomic mass is 16.5. The fourth-order valence-electron chi connectivity index (χ4n) is 2.10. The number of aromatic nitrogens is 1. The van der Waals surface area contributed by atoms with Crippen LogP contribution in [0.1, 0.15) is 28.1 Å². The standard InChI is InChI=1S/C17H19NO/c1-5-16-12(2)13(3)18-14(4)17(16)19-11-15-9-7-6-8-10-15/h5-10H,1,11H2,2-4H3. The molecular formula is C17H19NO. The molecule has 1 aromatic carbocycles. The number of rotatable bonds is 4. The van der Waals surface area contributed by atoms with Gasteiger partial charge in [0.25, 0.3) is 0 Å². The van der Waals surface area contributed by atoms with Crippen molar-refractivity contribution in [2.45, 2.75) is 27.4 Å². The summed E-state index contributed by atoms with van der Waals surface area (Å²) in [4.78, 5) is 4.52. The molecule has 2 nitrogen and oxygen atoms in total. The van der Waals surface area contributed by atoms with Gasteiger partial charge in [-0.05, 0) is 31.9 Å². The van der Waals surface area contributed by atoms with Crippen molar-refractivity contribution in [1.82, 2.24) is 4.98 Å². The van der Waals surface area contributed by atoms with Crippen molar-refractivity contribution < 1.29 is 4.74 Å². The molecule has 98 valence electrons. The fourth-order valence-corrected chi connectivity index (χ4v) is 2.10. The van der Waals surface area contributed by atoms with E-state index in [2.05, 4.69) is 23.7 Å². The molecule has 0 unspecified atom stereocenters. The van der Waals surface area contributed by atoms with Crippen molar-refractivity contribution in [1.29, 1.82) is 0 Å². The third-order valence-corrected chi connectivity index (χ3v) is 3.29. The maximum absolute atomic E-state index is 5.95. The van der Waals surface area contributed by atoms with E-state index in [9.17, 15) is 0 Å². The van der Waals surface area contributed by atoms with Crippen LogP contribution in [0.15, 0.2) is 36.9 Å². The quantitative estimate of drug-likeness (QED) is 0.813. The Hall–Kier alpha value is -2.09. The molecule has 0 saturated heterocycles. The minimum absolute atomic E-state index is 0.548. The zero-order chi connectivity index (χ0) is 13.8. The predicted molar refractivity (Wildman–Crippen MR) is 79.3 cm³/mol. The van der Waals surface area contributed by atoms with E-state index >= 15 is 0 Å². The molecule has 1 aromatic heterocycles. The molecular weight excluding hydrogens is 234 g/mol. The lowest BCUT2D eigenvalue weighted by molar-refractivity contribution is 0.301. The first-order valence-electron chi connectivity index (χ1n) is 6.40. The Bertz CT molecular complexity index is 588. The number of nitrogens with zero attached hydrogens (tertiary/aromatic N) is 1. The Kier molecular flexibility index (Phi) is 4.00. The molecule has 0 saturated carbocycles. The van der Waals surface area contributed by atoms with Gasteiger partial charge < -0.3 is 4.74 Å². The van der Waals surface area contributed by atoms with Gasteiger partial charge in [-0.25, -0.2) is 0 Å². The van der Waals surface area contributed by atoms with Gasteiger partial charge in [0, 0.05) is 11.3 Å². The minimum atomic E-state index is 0.548. The maximum Gasteiger partial charge on any atom is 0.148 e. The molecule has 0 fully saturated rings. The van der Waals surface area contributed by atoms with Crippen LogP contribution in [-0.2, 0) is 6.61 Å². The number of aryl methyl sites for hydroxylation is 2. The lowest BCUT2D eigenvalue weighted by Gasteiger charge is -2.15. The van der Waals surface area contributed by atoms with Crippen LogP contribution in [0.25, 0.3) is 6.08 Å². The molecule has 0 spiro atoms. The first kappa shape index (κ1) is 13.3. The number of benzene rings is 1. The zero-order valence-corrected chi connectivity index (χ0v) is 11.7. The van der Waals surface area contributed by atoms with Crippen molar-refractivity contribution in [3.63, 3.8) is 0 Å². The van der Waals surface area contributed by atoms with E-state index in [0.29, 0.717) is 6.61 Å². The molecule has 1 heterocycles. The van der Waals surface area contributed by atoms with Crippen LogP contribution in [0.3, 0.4) is 0 Å². The second-order valence-corrected chi connectivity index (χ2v) is 4.63. The number of hydrogen-bond donors (Lipinski definition) is 0. The van der Waals surface area contributed by atoms with Gasteiger partial charge >= 0.3 is 0 Å². The van der Waals surface area contributed by atoms with Crippen LogP contribution in [0, 0.1) is 20.8 Å². The second-order valence-electron chi connectivity index (χ2n) is 4.63. The largest absolute Gasteiger partial charge is 0.486 e. The smallest absolute Gasteiger partial charge is 0.148 e. The van der Waals surface area contributed by atoms with E-state index < -0.39 is 0 Å². The molecule has 0 radical (unpaired) electrons. The number of pyridine rings is 1. The average Bonchev–Trinajstić information content (AvgIpc) is 2.42. The first-order valence-corrected chi connectivity index (χ1v) is 6.40. The molecule has 2 aromatic rings. The monoisotopic (exact) mass is 253 g/mol. The van der Waals surface area contributed by atoms with E-state index in [-0.39, 0.29) is 0 Å². The highest BCUT2D eigenvalue weighted by Gasteiger charge is 2.12. The fraction of sp³-hybridized carbons (Fsp3) is 0.235. The van der Waals surface area contributed by atoms with Crippen LogP contribution in [0.2, 0.25) is 0 Å². The summed E-state index contributed by atoms with van der Waals surface area (Å²) in [6, 6.07) is 10.1. The normalized spacial score (nSPS) is 10.3. The lowest BCUT2D eigenvalue weighted by atomic mass is 10.1. The molecule has 0 atom stereocenters. The van der Waals surface area contributed by atoms with Crippen molar-refractivity contribution in [2.75, 3.05) is 0 Å². The predicted octanol–water partition coefficient (Wildman–Crippen LogP) is 4.23. The van der Waals surface area contributed by atoms with E-state index in [1.54, 1.807) is 0 Å². The summed E-state index contributed by atoms with van der Waals surface area (Å²) in [5.41, 5.74) is 5.26. The summed E-state index contributed by atoms with van der Waals surface area (Å²) in [6.07, 6.45) is 1.84. The molecule has 2 heteroatoms. The SMILES string of the molecule is C=Cc1c(C)c(C)nc(C)c1OCc1ccccc1. The van der Waals surface area contributed by atoms with E-state index in [4.69, 9.17) is 4.74 Å². The Morgan fingerprint density at radius 1 is 1.11 bits per heavy atom. The van der Waals surface area contributed by atoms with Crippen molar-refractivity contribution in [3.8, 4) is 5.75 Å². The number of hydrogen-bond acceptors (Lipinski definition) is 2. The van der Waals surface area contributed by atoms with Crippen LogP contribution < -0.4 is 4.74 Å². The molecule has 19 heavy (non-hydrogen) atoms. The van der Waals surface area contributed by atoms with Crippen LogP contribution in [0.5, 0.6) is 5.75 Å². The van der Waals surface area contributed by atoms with Gasteiger partial charge in [0.15, 0.2) is 0 Å². The average molecular weight is 253 g/mol. The zero-order valence-electron chi connectivity index (χ0n) is 11.7. The third-order valence-electron chi connectivity index (χ3n) is 3.29. The van der Waals surface area contributed by atoms with Gasteiger partial charge in [-0.2, -0.15) is 0 Å². The second kappa shape index (κ2) is 5.70. The Morgan fingerprint density at radius 2 is 1.79 bits per heavy atom. The molecule has 0 amide bonds. The first-order chi connectivity index (χ1) is 9.13. The Balaban J connectivity index is 2.30. The van der Waals surface area contributed by atoms with E-state index in [1.807, 2.05) is 45.0 Å². The molecule has 0 aliphatic heterocycles. The summed E-state index contributed by atoms with van der Waals surface area (Å²) >= 11 is 0. The molecule has 0 aliphatic rings. The van der Waals surface area contributed by atoms with Crippen LogP contribution in [0.4, 0.5) is 0 Å². The van der Waals surface area contributed by atoms with Gasteiger partial charge in [-0.15, -0.1) is 0 Å². The van der Waals surface area contributed by atoms with Crippen molar-refractivity contribution in [3.05, 3.63) is 65.0 Å². The molecule has 0 bridgehead atoms. The highest BCUT2D eigenvalue weighted by Crippen LogP contribution is 2.28. The minimum Gasteiger partial charge on any atom is -0.486 e. The number of ether oxygens (including phenoxy) is 1. The lowest BCUT2D eigenvalue weighted by Crippen LogP contribution is -2.03. The van der Waals surface area contributed by atoms with Gasteiger partial charge in [0.05, 0.1) is 5.69 Å². The molecule has 2 rings (SSSR count). The van der Waals surface area contributed by atoms with Gasteiger partial charge in [0.2, 0.25) is 0 Å². The summed E-state index contributed by atoms with van der Waals surface area (Å²) in [5, 5.41) is 0. The van der Waals surface area contributed by atoms with Crippen LogP contribution >= 0.6 is 0 Å². The van der Waals surface area contributed by atoms with Crippen LogP contribution in [-0.4, -0.2) is 4.98 Å². The molecule has 0 aliphatic carbocycles. The third kappa shape index (κ3) is 2.84. The topological polar surface area (TPSA) is 22.1 Å². The summed E-state index contributed by atoms with van der Waals surface area (Å²) < 4.78 is 5.95. The highest BCUT2D eigenvalue weighted by molar-refractivity contribution is 5.61.